The Labute approximate surface area is 117 Å². The number of hydrogen-bond acceptors (Lipinski definition) is 4. The summed E-state index contributed by atoms with van der Waals surface area (Å²) in [7, 11) is 0. The number of nitro groups is 1. The van der Waals surface area contributed by atoms with Crippen LogP contribution in [-0.2, 0) is 13.2 Å². The fourth-order valence-corrected chi connectivity index (χ4v) is 1.95. The summed E-state index contributed by atoms with van der Waals surface area (Å²) in [6, 6.07) is 12.3. The minimum absolute atomic E-state index is 0.00365. The molecule has 0 fully saturated rings. The van der Waals surface area contributed by atoms with E-state index in [9.17, 15) is 10.1 Å². The smallest absolute Gasteiger partial charge is 0.271 e. The fraction of sp³-hybridized carbons (Fsp3) is 0.200. The molecule has 0 bridgehead atoms. The second-order valence-corrected chi connectivity index (χ2v) is 4.59. The maximum absolute atomic E-state index is 10.8. The molecule has 0 aromatic heterocycles. The van der Waals surface area contributed by atoms with E-state index >= 15 is 0 Å². The van der Waals surface area contributed by atoms with Gasteiger partial charge in [-0.3, -0.25) is 10.1 Å². The zero-order valence-electron chi connectivity index (χ0n) is 11.2. The lowest BCUT2D eigenvalue weighted by Gasteiger charge is -2.10. The number of benzene rings is 2. The molecule has 5 heteroatoms. The SMILES string of the molecule is Cc1ccc([N+](=O)[O-])cc1NCc1cccc(CO)c1. The second kappa shape index (κ2) is 6.16. The Morgan fingerprint density at radius 3 is 2.65 bits per heavy atom. The molecule has 2 aromatic rings. The topological polar surface area (TPSA) is 75.4 Å². The van der Waals surface area contributed by atoms with E-state index in [0.29, 0.717) is 6.54 Å². The van der Waals surface area contributed by atoms with E-state index in [1.165, 1.54) is 12.1 Å². The molecule has 0 spiro atoms. The monoisotopic (exact) mass is 272 g/mol. The van der Waals surface area contributed by atoms with Crippen LogP contribution in [0.3, 0.4) is 0 Å². The van der Waals surface area contributed by atoms with E-state index in [1.54, 1.807) is 6.07 Å². The van der Waals surface area contributed by atoms with Gasteiger partial charge in [0.25, 0.3) is 5.69 Å². The number of nitro benzene ring substituents is 1. The molecule has 0 aliphatic heterocycles. The average Bonchev–Trinajstić information content (AvgIpc) is 2.46. The molecule has 0 amide bonds. The van der Waals surface area contributed by atoms with Gasteiger partial charge in [-0.15, -0.1) is 0 Å². The number of hydrogen-bond donors (Lipinski definition) is 2. The van der Waals surface area contributed by atoms with Gasteiger partial charge in [-0.1, -0.05) is 30.3 Å². The van der Waals surface area contributed by atoms with Gasteiger partial charge in [0.1, 0.15) is 0 Å². The predicted molar refractivity (Wildman–Crippen MR) is 77.5 cm³/mol. The summed E-state index contributed by atoms with van der Waals surface area (Å²) in [5, 5.41) is 23.1. The van der Waals surface area contributed by atoms with E-state index in [0.717, 1.165) is 22.4 Å². The zero-order valence-corrected chi connectivity index (χ0v) is 11.2. The van der Waals surface area contributed by atoms with Crippen molar-refractivity contribution in [3.63, 3.8) is 0 Å². The minimum atomic E-state index is -0.406. The van der Waals surface area contributed by atoms with Crippen LogP contribution in [0.2, 0.25) is 0 Å². The standard InChI is InChI=1S/C15H16N2O3/c1-11-5-6-14(17(19)20)8-15(11)16-9-12-3-2-4-13(7-12)10-18/h2-8,16,18H,9-10H2,1H3. The van der Waals surface area contributed by atoms with E-state index in [-0.39, 0.29) is 12.3 Å². The maximum atomic E-state index is 10.8. The summed E-state index contributed by atoms with van der Waals surface area (Å²) in [6.45, 7) is 2.45. The van der Waals surface area contributed by atoms with Gasteiger partial charge in [0, 0.05) is 24.4 Å². The number of rotatable bonds is 5. The van der Waals surface area contributed by atoms with Gasteiger partial charge in [0.15, 0.2) is 0 Å². The Morgan fingerprint density at radius 1 is 1.20 bits per heavy atom. The zero-order chi connectivity index (χ0) is 14.5. The lowest BCUT2D eigenvalue weighted by molar-refractivity contribution is -0.384. The largest absolute Gasteiger partial charge is 0.392 e. The van der Waals surface area contributed by atoms with Crippen molar-refractivity contribution in [3.8, 4) is 0 Å². The molecule has 0 aliphatic carbocycles. The first-order chi connectivity index (χ1) is 9.60. The Balaban J connectivity index is 2.13. The van der Waals surface area contributed by atoms with Crippen molar-refractivity contribution in [3.05, 3.63) is 69.3 Å². The van der Waals surface area contributed by atoms with E-state index in [4.69, 9.17) is 5.11 Å². The highest BCUT2D eigenvalue weighted by Gasteiger charge is 2.08. The van der Waals surface area contributed by atoms with Gasteiger partial charge < -0.3 is 10.4 Å². The summed E-state index contributed by atoms with van der Waals surface area (Å²) in [4.78, 5) is 10.4. The van der Waals surface area contributed by atoms with Crippen LogP contribution in [0, 0.1) is 17.0 Å². The van der Waals surface area contributed by atoms with Gasteiger partial charge in [0.2, 0.25) is 0 Å². The Kier molecular flexibility index (Phi) is 4.32. The summed E-state index contributed by atoms with van der Waals surface area (Å²) in [6.07, 6.45) is 0. The van der Waals surface area contributed by atoms with Crippen LogP contribution in [0.1, 0.15) is 16.7 Å². The van der Waals surface area contributed by atoms with Gasteiger partial charge in [-0.2, -0.15) is 0 Å². The van der Waals surface area contributed by atoms with Gasteiger partial charge in [-0.25, -0.2) is 0 Å². The molecule has 20 heavy (non-hydrogen) atoms. The quantitative estimate of drug-likeness (QED) is 0.648. The lowest BCUT2D eigenvalue weighted by Crippen LogP contribution is -2.02. The molecule has 2 rings (SSSR count). The molecule has 0 saturated heterocycles. The van der Waals surface area contributed by atoms with Crippen LogP contribution in [0.5, 0.6) is 0 Å². The highest BCUT2D eigenvalue weighted by Crippen LogP contribution is 2.22. The van der Waals surface area contributed by atoms with E-state index < -0.39 is 4.92 Å². The van der Waals surface area contributed by atoms with Crippen LogP contribution in [0.15, 0.2) is 42.5 Å². The van der Waals surface area contributed by atoms with Crippen molar-refractivity contribution in [2.24, 2.45) is 0 Å². The number of nitrogens with one attached hydrogen (secondary N) is 1. The summed E-state index contributed by atoms with van der Waals surface area (Å²) in [5.41, 5.74) is 3.63. The predicted octanol–water partition coefficient (Wildman–Crippen LogP) is 3.01. The van der Waals surface area contributed by atoms with Crippen molar-refractivity contribution in [1.82, 2.24) is 0 Å². The third-order valence-electron chi connectivity index (χ3n) is 3.09. The van der Waals surface area contributed by atoms with Gasteiger partial charge >= 0.3 is 0 Å². The highest BCUT2D eigenvalue weighted by atomic mass is 16.6. The molecule has 104 valence electrons. The van der Waals surface area contributed by atoms with Gasteiger partial charge in [-0.05, 0) is 23.6 Å². The number of aryl methyl sites for hydroxylation is 1. The number of anilines is 1. The van der Waals surface area contributed by atoms with Crippen LogP contribution in [0.4, 0.5) is 11.4 Å². The molecule has 0 unspecified atom stereocenters. The fourth-order valence-electron chi connectivity index (χ4n) is 1.95. The van der Waals surface area contributed by atoms with Crippen LogP contribution < -0.4 is 5.32 Å². The minimum Gasteiger partial charge on any atom is -0.392 e. The Bertz CT molecular complexity index is 626. The number of non-ortho nitro benzene ring substituents is 1. The third kappa shape index (κ3) is 3.33. The molecule has 2 N–H and O–H groups in total. The molecule has 0 atom stereocenters. The highest BCUT2D eigenvalue weighted by molar-refractivity contribution is 5.57. The summed E-state index contributed by atoms with van der Waals surface area (Å²) in [5.74, 6) is 0. The van der Waals surface area contributed by atoms with Crippen LogP contribution in [-0.4, -0.2) is 10.0 Å². The lowest BCUT2D eigenvalue weighted by atomic mass is 10.1. The van der Waals surface area contributed by atoms with Crippen molar-refractivity contribution in [1.29, 1.82) is 0 Å². The first-order valence-corrected chi connectivity index (χ1v) is 6.28. The number of nitrogens with zero attached hydrogens (tertiary/aromatic N) is 1. The van der Waals surface area contributed by atoms with E-state index in [2.05, 4.69) is 5.32 Å². The molecule has 5 nitrogen and oxygen atoms in total. The van der Waals surface area contributed by atoms with Gasteiger partial charge in [0.05, 0.1) is 11.5 Å². The van der Waals surface area contributed by atoms with Crippen molar-refractivity contribution < 1.29 is 10.0 Å². The van der Waals surface area contributed by atoms with Crippen LogP contribution in [0.25, 0.3) is 0 Å². The van der Waals surface area contributed by atoms with E-state index in [1.807, 2.05) is 31.2 Å². The second-order valence-electron chi connectivity index (χ2n) is 4.59. The Hall–Kier alpha value is -2.40. The first-order valence-electron chi connectivity index (χ1n) is 6.28. The first kappa shape index (κ1) is 14.0. The summed E-state index contributed by atoms with van der Waals surface area (Å²) < 4.78 is 0. The van der Waals surface area contributed by atoms with Crippen LogP contribution >= 0.6 is 0 Å². The van der Waals surface area contributed by atoms with Crippen molar-refractivity contribution in [2.75, 3.05) is 5.32 Å². The third-order valence-corrected chi connectivity index (χ3v) is 3.09. The number of aliphatic hydroxyl groups excluding tert-OH is 1. The normalized spacial score (nSPS) is 10.3. The Morgan fingerprint density at radius 2 is 1.95 bits per heavy atom. The summed E-state index contributed by atoms with van der Waals surface area (Å²) >= 11 is 0. The maximum Gasteiger partial charge on any atom is 0.271 e. The average molecular weight is 272 g/mol. The molecule has 0 aliphatic rings. The molecule has 0 radical (unpaired) electrons. The molecule has 2 aromatic carbocycles. The van der Waals surface area contributed by atoms with Crippen molar-refractivity contribution >= 4 is 11.4 Å². The molecular formula is C15H16N2O3. The number of aliphatic hydroxyl groups is 1. The molecule has 0 saturated carbocycles. The van der Waals surface area contributed by atoms with Crippen molar-refractivity contribution in [2.45, 2.75) is 20.1 Å². The molecular weight excluding hydrogens is 256 g/mol. The molecule has 0 heterocycles.